The van der Waals surface area contributed by atoms with Crippen molar-refractivity contribution < 1.29 is 0 Å². The molecule has 0 aromatic carbocycles. The fourth-order valence-electron chi connectivity index (χ4n) is 3.49. The molecule has 0 aliphatic carbocycles. The summed E-state index contributed by atoms with van der Waals surface area (Å²) in [5.41, 5.74) is 5.89. The molecule has 19 heavy (non-hydrogen) atoms. The molecule has 2 rings (SSSR count). The predicted octanol–water partition coefficient (Wildman–Crippen LogP) is 0.541. The SMILES string of the molecule is CCC1CN(CCN2CCN(C)CC2)CCC1CN. The second kappa shape index (κ2) is 7.58. The van der Waals surface area contributed by atoms with Crippen LogP contribution in [-0.2, 0) is 0 Å². The van der Waals surface area contributed by atoms with Gasteiger partial charge in [0.1, 0.15) is 0 Å². The van der Waals surface area contributed by atoms with Gasteiger partial charge in [-0.2, -0.15) is 0 Å². The zero-order chi connectivity index (χ0) is 13.7. The average molecular weight is 268 g/mol. The summed E-state index contributed by atoms with van der Waals surface area (Å²) in [5, 5.41) is 0. The molecule has 2 unspecified atom stereocenters. The van der Waals surface area contributed by atoms with Gasteiger partial charge in [0.05, 0.1) is 0 Å². The highest BCUT2D eigenvalue weighted by molar-refractivity contribution is 4.81. The monoisotopic (exact) mass is 268 g/mol. The molecule has 0 saturated carbocycles. The van der Waals surface area contributed by atoms with Gasteiger partial charge in [-0.15, -0.1) is 0 Å². The molecular weight excluding hydrogens is 236 g/mol. The van der Waals surface area contributed by atoms with E-state index in [0.717, 1.165) is 18.4 Å². The van der Waals surface area contributed by atoms with E-state index in [-0.39, 0.29) is 0 Å². The summed E-state index contributed by atoms with van der Waals surface area (Å²) in [7, 11) is 2.22. The molecule has 2 aliphatic rings. The Kier molecular flexibility index (Phi) is 6.07. The Bertz CT molecular complexity index is 251. The third-order valence-electron chi connectivity index (χ3n) is 5.13. The molecular formula is C15H32N4. The maximum Gasteiger partial charge on any atom is 0.0110 e. The molecule has 0 aromatic rings. The van der Waals surface area contributed by atoms with Crippen LogP contribution in [0.4, 0.5) is 0 Å². The van der Waals surface area contributed by atoms with Crippen LogP contribution in [0.3, 0.4) is 0 Å². The molecule has 0 radical (unpaired) electrons. The minimum absolute atomic E-state index is 0.768. The Morgan fingerprint density at radius 2 is 1.63 bits per heavy atom. The molecule has 4 nitrogen and oxygen atoms in total. The van der Waals surface area contributed by atoms with Crippen LogP contribution in [0.15, 0.2) is 0 Å². The van der Waals surface area contributed by atoms with E-state index < -0.39 is 0 Å². The fourth-order valence-corrected chi connectivity index (χ4v) is 3.49. The van der Waals surface area contributed by atoms with Crippen molar-refractivity contribution in [2.24, 2.45) is 17.6 Å². The van der Waals surface area contributed by atoms with E-state index >= 15 is 0 Å². The van der Waals surface area contributed by atoms with Gasteiger partial charge in [0, 0.05) is 45.8 Å². The Balaban J connectivity index is 1.69. The molecule has 2 N–H and O–H groups in total. The maximum absolute atomic E-state index is 5.89. The first-order valence-corrected chi connectivity index (χ1v) is 8.06. The van der Waals surface area contributed by atoms with Gasteiger partial charge in [-0.05, 0) is 38.4 Å². The number of rotatable bonds is 5. The van der Waals surface area contributed by atoms with E-state index in [1.54, 1.807) is 0 Å². The molecule has 2 fully saturated rings. The van der Waals surface area contributed by atoms with Gasteiger partial charge >= 0.3 is 0 Å². The lowest BCUT2D eigenvalue weighted by atomic mass is 9.84. The fraction of sp³-hybridized carbons (Fsp3) is 1.00. The van der Waals surface area contributed by atoms with Crippen LogP contribution in [0.5, 0.6) is 0 Å². The highest BCUT2D eigenvalue weighted by atomic mass is 15.3. The van der Waals surface area contributed by atoms with Gasteiger partial charge in [0.2, 0.25) is 0 Å². The van der Waals surface area contributed by atoms with Crippen LogP contribution in [0, 0.1) is 11.8 Å². The van der Waals surface area contributed by atoms with E-state index in [2.05, 4.69) is 28.7 Å². The Morgan fingerprint density at radius 3 is 2.26 bits per heavy atom. The number of nitrogens with two attached hydrogens (primary N) is 1. The van der Waals surface area contributed by atoms with Gasteiger partial charge in [-0.3, -0.25) is 4.90 Å². The Labute approximate surface area is 118 Å². The van der Waals surface area contributed by atoms with Gasteiger partial charge in [-0.25, -0.2) is 0 Å². The van der Waals surface area contributed by atoms with Crippen LogP contribution < -0.4 is 5.73 Å². The summed E-state index contributed by atoms with van der Waals surface area (Å²) in [6, 6.07) is 0. The number of piperazine rings is 1. The van der Waals surface area contributed by atoms with Crippen molar-refractivity contribution in [2.45, 2.75) is 19.8 Å². The van der Waals surface area contributed by atoms with Crippen LogP contribution >= 0.6 is 0 Å². The summed E-state index contributed by atoms with van der Waals surface area (Å²) >= 11 is 0. The predicted molar refractivity (Wildman–Crippen MR) is 81.3 cm³/mol. The maximum atomic E-state index is 5.89. The molecule has 2 heterocycles. The normalized spacial score (nSPS) is 31.7. The van der Waals surface area contributed by atoms with Crippen molar-refractivity contribution in [2.75, 3.05) is 66.0 Å². The third-order valence-corrected chi connectivity index (χ3v) is 5.13. The summed E-state index contributed by atoms with van der Waals surface area (Å²) in [5.74, 6) is 1.59. The van der Waals surface area contributed by atoms with E-state index in [1.807, 2.05) is 0 Å². The molecule has 0 amide bonds. The molecule has 2 aliphatic heterocycles. The quantitative estimate of drug-likeness (QED) is 0.789. The van der Waals surface area contributed by atoms with Crippen LogP contribution in [-0.4, -0.2) is 80.7 Å². The van der Waals surface area contributed by atoms with E-state index in [4.69, 9.17) is 5.73 Å². The lowest BCUT2D eigenvalue weighted by molar-refractivity contribution is 0.0919. The van der Waals surface area contributed by atoms with E-state index in [1.165, 1.54) is 65.2 Å². The zero-order valence-corrected chi connectivity index (χ0v) is 12.9. The second-order valence-corrected chi connectivity index (χ2v) is 6.40. The molecule has 0 spiro atoms. The van der Waals surface area contributed by atoms with Gasteiger partial charge in [0.15, 0.2) is 0 Å². The molecule has 112 valence electrons. The summed E-state index contributed by atoms with van der Waals surface area (Å²) in [6.45, 7) is 13.2. The number of hydrogen-bond donors (Lipinski definition) is 1. The molecule has 0 aromatic heterocycles. The number of likely N-dealkylation sites (tertiary alicyclic amines) is 1. The van der Waals surface area contributed by atoms with Crippen molar-refractivity contribution in [1.29, 1.82) is 0 Å². The lowest BCUT2D eigenvalue weighted by Gasteiger charge is -2.39. The summed E-state index contributed by atoms with van der Waals surface area (Å²) in [6.07, 6.45) is 2.59. The highest BCUT2D eigenvalue weighted by Crippen LogP contribution is 2.25. The average Bonchev–Trinajstić information content (AvgIpc) is 2.46. The molecule has 4 heteroatoms. The molecule has 0 bridgehead atoms. The van der Waals surface area contributed by atoms with Crippen LogP contribution in [0.25, 0.3) is 0 Å². The van der Waals surface area contributed by atoms with Crippen molar-refractivity contribution in [3.63, 3.8) is 0 Å². The van der Waals surface area contributed by atoms with Crippen molar-refractivity contribution in [3.8, 4) is 0 Å². The molecule has 2 atom stereocenters. The summed E-state index contributed by atoms with van der Waals surface area (Å²) < 4.78 is 0. The zero-order valence-electron chi connectivity index (χ0n) is 12.9. The van der Waals surface area contributed by atoms with Crippen molar-refractivity contribution in [3.05, 3.63) is 0 Å². The van der Waals surface area contributed by atoms with Crippen LogP contribution in [0.1, 0.15) is 19.8 Å². The highest BCUT2D eigenvalue weighted by Gasteiger charge is 2.27. The number of nitrogens with zero attached hydrogens (tertiary/aromatic N) is 3. The largest absolute Gasteiger partial charge is 0.330 e. The number of hydrogen-bond acceptors (Lipinski definition) is 4. The van der Waals surface area contributed by atoms with Gasteiger partial charge in [0.25, 0.3) is 0 Å². The van der Waals surface area contributed by atoms with E-state index in [9.17, 15) is 0 Å². The third kappa shape index (κ3) is 4.42. The standard InChI is InChI=1S/C15H32N4/c1-3-14-13-19(5-4-15(14)12-16)11-10-18-8-6-17(2)7-9-18/h14-15H,3-13,16H2,1-2H3. The van der Waals surface area contributed by atoms with E-state index in [0.29, 0.717) is 0 Å². The van der Waals surface area contributed by atoms with Gasteiger partial charge < -0.3 is 15.5 Å². The first kappa shape index (κ1) is 15.2. The topological polar surface area (TPSA) is 35.7 Å². The van der Waals surface area contributed by atoms with Crippen molar-refractivity contribution in [1.82, 2.24) is 14.7 Å². The van der Waals surface area contributed by atoms with Gasteiger partial charge in [-0.1, -0.05) is 13.3 Å². The smallest absolute Gasteiger partial charge is 0.0110 e. The van der Waals surface area contributed by atoms with Crippen LogP contribution in [0.2, 0.25) is 0 Å². The Morgan fingerprint density at radius 1 is 0.947 bits per heavy atom. The Hall–Kier alpha value is -0.160. The lowest BCUT2D eigenvalue weighted by Crippen LogP contribution is -2.49. The second-order valence-electron chi connectivity index (χ2n) is 6.40. The van der Waals surface area contributed by atoms with Crippen molar-refractivity contribution >= 4 is 0 Å². The first-order valence-electron chi connectivity index (χ1n) is 8.06. The summed E-state index contributed by atoms with van der Waals surface area (Å²) in [4.78, 5) is 7.71. The minimum Gasteiger partial charge on any atom is -0.330 e. The number of likely N-dealkylation sites (N-methyl/N-ethyl adjacent to an activating group) is 1. The molecule has 2 saturated heterocycles. The number of piperidine rings is 1. The minimum atomic E-state index is 0.768. The first-order chi connectivity index (χ1) is 9.22.